The number of H-pyrrole nitrogens is 1. The predicted octanol–water partition coefficient (Wildman–Crippen LogP) is 5.39. The lowest BCUT2D eigenvalue weighted by molar-refractivity contribution is 0.632. The van der Waals surface area contributed by atoms with Crippen LogP contribution in [0.4, 0.5) is 10.1 Å². The Morgan fingerprint density at radius 3 is 2.71 bits per heavy atom. The first-order valence-electron chi connectivity index (χ1n) is 7.19. The third kappa shape index (κ3) is 3.73. The number of nitrogens with zero attached hydrogens (tertiary/aromatic N) is 1. The summed E-state index contributed by atoms with van der Waals surface area (Å²) < 4.78 is 16.9. The average molecular weight is 358 g/mol. The van der Waals surface area contributed by atoms with E-state index in [1.807, 2.05) is 42.6 Å². The number of hydrogen-bond donors (Lipinski definition) is 2. The molecule has 1 heterocycles. The van der Waals surface area contributed by atoms with Crippen LogP contribution in [0.1, 0.15) is 16.7 Å². The molecule has 0 radical (unpaired) electrons. The van der Waals surface area contributed by atoms with Gasteiger partial charge in [-0.1, -0.05) is 41.9 Å². The number of nitriles is 1. The Hall–Kier alpha value is -2.42. The molecule has 0 aliphatic rings. The van der Waals surface area contributed by atoms with Crippen molar-refractivity contribution >= 4 is 29.2 Å². The largest absolute Gasteiger partial charge is 0.351 e. The van der Waals surface area contributed by atoms with Gasteiger partial charge in [-0.2, -0.15) is 5.26 Å². The molecule has 0 atom stereocenters. The van der Waals surface area contributed by atoms with Crippen LogP contribution in [0, 0.1) is 17.1 Å². The average Bonchev–Trinajstić information content (AvgIpc) is 2.94. The lowest BCUT2D eigenvalue weighted by Gasteiger charge is -2.08. The van der Waals surface area contributed by atoms with Crippen LogP contribution >= 0.6 is 23.5 Å². The summed E-state index contributed by atoms with van der Waals surface area (Å²) in [5, 5.41) is 9.29. The van der Waals surface area contributed by atoms with Crippen molar-refractivity contribution in [2.24, 2.45) is 0 Å². The summed E-state index contributed by atoms with van der Waals surface area (Å²) in [7, 11) is 0. The second-order valence-electron chi connectivity index (χ2n) is 5.13. The molecule has 0 bridgehead atoms. The van der Waals surface area contributed by atoms with Gasteiger partial charge in [-0.25, -0.2) is 4.39 Å². The number of halogens is 2. The molecule has 3 aromatic rings. The zero-order chi connectivity index (χ0) is 16.9. The zero-order valence-electron chi connectivity index (χ0n) is 12.5. The van der Waals surface area contributed by atoms with Gasteiger partial charge in [-0.3, -0.25) is 0 Å². The van der Waals surface area contributed by atoms with Crippen molar-refractivity contribution in [1.29, 1.82) is 5.26 Å². The molecule has 0 fully saturated rings. The number of aromatic amines is 1. The second kappa shape index (κ2) is 7.43. The Morgan fingerprint density at radius 2 is 2.00 bits per heavy atom. The van der Waals surface area contributed by atoms with Gasteiger partial charge in [0.05, 0.1) is 22.2 Å². The van der Waals surface area contributed by atoms with E-state index in [4.69, 9.17) is 16.9 Å². The Kier molecular flexibility index (Phi) is 5.09. The van der Waals surface area contributed by atoms with Gasteiger partial charge < -0.3 is 9.71 Å². The van der Waals surface area contributed by atoms with Crippen LogP contribution in [0.5, 0.6) is 0 Å². The molecule has 2 aromatic carbocycles. The van der Waals surface area contributed by atoms with Gasteiger partial charge in [-0.05, 0) is 41.3 Å². The van der Waals surface area contributed by atoms with Gasteiger partial charge in [0.25, 0.3) is 0 Å². The molecule has 0 aliphatic heterocycles. The van der Waals surface area contributed by atoms with Gasteiger partial charge >= 0.3 is 0 Å². The first-order chi connectivity index (χ1) is 11.7. The molecule has 6 heteroatoms. The van der Waals surface area contributed by atoms with E-state index in [1.165, 1.54) is 29.6 Å². The van der Waals surface area contributed by atoms with Crippen molar-refractivity contribution in [1.82, 2.24) is 4.98 Å². The molecule has 24 heavy (non-hydrogen) atoms. The van der Waals surface area contributed by atoms with Crippen molar-refractivity contribution in [2.45, 2.75) is 11.3 Å². The quantitative estimate of drug-likeness (QED) is 0.602. The molecule has 3 nitrogen and oxygen atoms in total. The summed E-state index contributed by atoms with van der Waals surface area (Å²) in [5.74, 6) is -0.474. The summed E-state index contributed by atoms with van der Waals surface area (Å²) in [5.41, 5.74) is 2.78. The van der Waals surface area contributed by atoms with Crippen LogP contribution in [-0.4, -0.2) is 4.98 Å². The highest BCUT2D eigenvalue weighted by molar-refractivity contribution is 8.00. The van der Waals surface area contributed by atoms with Crippen LogP contribution in [-0.2, 0) is 6.42 Å². The van der Waals surface area contributed by atoms with E-state index in [2.05, 4.69) is 9.71 Å². The van der Waals surface area contributed by atoms with E-state index in [9.17, 15) is 4.39 Å². The topological polar surface area (TPSA) is 51.6 Å². The Bertz CT molecular complexity index is 887. The molecule has 120 valence electrons. The molecular formula is C18H13ClFN3S. The summed E-state index contributed by atoms with van der Waals surface area (Å²) in [4.78, 5) is 3.82. The Labute approximate surface area is 148 Å². The minimum absolute atomic E-state index is 0.285. The normalized spacial score (nSPS) is 10.4. The molecule has 2 N–H and O–H groups in total. The van der Waals surface area contributed by atoms with E-state index >= 15 is 0 Å². The van der Waals surface area contributed by atoms with Crippen LogP contribution in [0.25, 0.3) is 0 Å². The van der Waals surface area contributed by atoms with Gasteiger partial charge in [0, 0.05) is 12.6 Å². The van der Waals surface area contributed by atoms with Gasteiger partial charge in [0.2, 0.25) is 0 Å². The first-order valence-corrected chi connectivity index (χ1v) is 8.39. The van der Waals surface area contributed by atoms with Crippen LogP contribution in [0.2, 0.25) is 5.15 Å². The predicted molar refractivity (Wildman–Crippen MR) is 95.6 cm³/mol. The number of benzene rings is 2. The highest BCUT2D eigenvalue weighted by Gasteiger charge is 2.12. The highest BCUT2D eigenvalue weighted by Crippen LogP contribution is 2.33. The van der Waals surface area contributed by atoms with Crippen molar-refractivity contribution in [3.8, 4) is 6.07 Å². The van der Waals surface area contributed by atoms with Gasteiger partial charge in [0.1, 0.15) is 11.0 Å². The van der Waals surface area contributed by atoms with Crippen molar-refractivity contribution in [2.75, 3.05) is 4.72 Å². The van der Waals surface area contributed by atoms with Gasteiger partial charge in [0.15, 0.2) is 0 Å². The molecule has 1 aromatic heterocycles. The lowest BCUT2D eigenvalue weighted by Crippen LogP contribution is -1.94. The van der Waals surface area contributed by atoms with Crippen molar-refractivity contribution < 1.29 is 4.39 Å². The molecular weight excluding hydrogens is 345 g/mol. The summed E-state index contributed by atoms with van der Waals surface area (Å²) in [6.45, 7) is 0. The first kappa shape index (κ1) is 16.4. The van der Waals surface area contributed by atoms with Gasteiger partial charge in [-0.15, -0.1) is 0 Å². The van der Waals surface area contributed by atoms with E-state index in [1.54, 1.807) is 6.07 Å². The zero-order valence-corrected chi connectivity index (χ0v) is 14.1. The molecule has 0 aliphatic carbocycles. The maximum Gasteiger partial charge on any atom is 0.148 e. The van der Waals surface area contributed by atoms with E-state index in [-0.39, 0.29) is 5.56 Å². The van der Waals surface area contributed by atoms with Crippen LogP contribution in [0.3, 0.4) is 0 Å². The molecule has 0 unspecified atom stereocenters. The number of anilines is 1. The van der Waals surface area contributed by atoms with E-state index in [0.717, 1.165) is 16.9 Å². The molecule has 0 saturated carbocycles. The van der Waals surface area contributed by atoms with Crippen molar-refractivity contribution in [3.63, 3.8) is 0 Å². The van der Waals surface area contributed by atoms with Crippen LogP contribution < -0.4 is 4.72 Å². The fourth-order valence-corrected chi connectivity index (χ4v) is 3.33. The smallest absolute Gasteiger partial charge is 0.148 e. The number of nitrogens with one attached hydrogen (secondary N) is 2. The number of aromatic nitrogens is 1. The monoisotopic (exact) mass is 357 g/mol. The van der Waals surface area contributed by atoms with E-state index < -0.39 is 5.82 Å². The molecule has 0 spiro atoms. The maximum absolute atomic E-state index is 13.9. The Morgan fingerprint density at radius 1 is 1.21 bits per heavy atom. The fourth-order valence-electron chi connectivity index (χ4n) is 2.25. The molecule has 0 amide bonds. The minimum atomic E-state index is -0.474. The minimum Gasteiger partial charge on any atom is -0.351 e. The molecule has 3 rings (SSSR count). The maximum atomic E-state index is 13.9. The number of rotatable bonds is 5. The summed E-state index contributed by atoms with van der Waals surface area (Å²) >= 11 is 7.46. The fraction of sp³-hybridized carbons (Fsp3) is 0.0556. The van der Waals surface area contributed by atoms with E-state index in [0.29, 0.717) is 10.8 Å². The standard InChI is InChI=1S/C18H13ClFN3S/c19-18-17(14(11-22-18)8-12-4-2-1-3-5-12)24-23-16-7-6-13(10-21)9-15(16)20/h1-7,9,11,22-23H,8H2. The van der Waals surface area contributed by atoms with Crippen LogP contribution in [0.15, 0.2) is 59.6 Å². The highest BCUT2D eigenvalue weighted by atomic mass is 35.5. The number of hydrogen-bond acceptors (Lipinski definition) is 3. The SMILES string of the molecule is N#Cc1ccc(NSc2c(Cc3ccccc3)c[nH]c2Cl)c(F)c1. The summed E-state index contributed by atoms with van der Waals surface area (Å²) in [6, 6.07) is 16.2. The third-order valence-corrected chi connectivity index (χ3v) is 4.87. The van der Waals surface area contributed by atoms with Crippen molar-refractivity contribution in [3.05, 3.63) is 82.4 Å². The second-order valence-corrected chi connectivity index (χ2v) is 6.32. The lowest BCUT2D eigenvalue weighted by atomic mass is 10.1. The summed E-state index contributed by atoms with van der Waals surface area (Å²) in [6.07, 6.45) is 2.58. The molecule has 0 saturated heterocycles. The third-order valence-electron chi connectivity index (χ3n) is 3.46. The Balaban J connectivity index is 1.76.